The van der Waals surface area contributed by atoms with Crippen LogP contribution in [0.3, 0.4) is 0 Å². The van der Waals surface area contributed by atoms with Crippen molar-refractivity contribution >= 4 is 11.9 Å². The van der Waals surface area contributed by atoms with Gasteiger partial charge in [0, 0.05) is 38.2 Å². The zero-order valence-corrected chi connectivity index (χ0v) is 16.0. The lowest BCUT2D eigenvalue weighted by atomic mass is 9.69. The molecule has 0 radical (unpaired) electrons. The van der Waals surface area contributed by atoms with Crippen LogP contribution in [0, 0.1) is 17.8 Å². The van der Waals surface area contributed by atoms with Crippen molar-refractivity contribution in [1.29, 1.82) is 0 Å². The van der Waals surface area contributed by atoms with Crippen LogP contribution in [0.25, 0.3) is 0 Å². The van der Waals surface area contributed by atoms with Crippen LogP contribution in [0.4, 0.5) is 0 Å². The van der Waals surface area contributed by atoms with E-state index in [1.165, 1.54) is 14.0 Å². The van der Waals surface area contributed by atoms with Gasteiger partial charge in [0.05, 0.1) is 26.4 Å². The molecule has 3 aliphatic heterocycles. The summed E-state index contributed by atoms with van der Waals surface area (Å²) in [5, 5.41) is 0. The lowest BCUT2D eigenvalue weighted by Gasteiger charge is -2.43. The Bertz CT molecular complexity index is 748. The molecule has 0 aromatic rings. The molecule has 0 amide bonds. The Kier molecular flexibility index (Phi) is 3.30. The highest BCUT2D eigenvalue weighted by atomic mass is 16.8. The number of epoxide rings is 2. The quantitative estimate of drug-likeness (QED) is 0.473. The van der Waals surface area contributed by atoms with Gasteiger partial charge in [-0.05, 0) is 6.42 Å². The van der Waals surface area contributed by atoms with Crippen molar-refractivity contribution in [2.24, 2.45) is 17.8 Å². The highest BCUT2D eigenvalue weighted by Crippen LogP contribution is 2.75. The van der Waals surface area contributed by atoms with Crippen molar-refractivity contribution in [3.8, 4) is 0 Å². The number of methoxy groups -OCH3 is 2. The van der Waals surface area contributed by atoms with E-state index in [0.29, 0.717) is 26.1 Å². The Labute approximate surface area is 161 Å². The Morgan fingerprint density at radius 1 is 1.07 bits per heavy atom. The predicted molar refractivity (Wildman–Crippen MR) is 87.9 cm³/mol. The molecule has 0 aromatic heterocycles. The molecule has 2 spiro atoms. The van der Waals surface area contributed by atoms with Crippen LogP contribution in [0.1, 0.15) is 19.8 Å². The average Bonchev–Trinajstić information content (AvgIpc) is 3.48. The molecule has 3 saturated carbocycles. The fraction of sp³-hybridized carbons (Fsp3) is 0.895. The number of hydrogen-bond donors (Lipinski definition) is 0. The lowest BCUT2D eigenvalue weighted by Crippen LogP contribution is -2.61. The van der Waals surface area contributed by atoms with Crippen LogP contribution < -0.4 is 0 Å². The van der Waals surface area contributed by atoms with Gasteiger partial charge in [0.25, 0.3) is 0 Å². The van der Waals surface area contributed by atoms with Crippen LogP contribution in [-0.2, 0) is 42.7 Å². The van der Waals surface area contributed by atoms with Gasteiger partial charge < -0.3 is 33.2 Å². The van der Waals surface area contributed by atoms with E-state index in [9.17, 15) is 9.59 Å². The molecule has 2 bridgehead atoms. The molecule has 3 aliphatic carbocycles. The number of hydrogen-bond acceptors (Lipinski definition) is 9. The van der Waals surface area contributed by atoms with Gasteiger partial charge in [0.2, 0.25) is 5.79 Å². The average molecular weight is 396 g/mol. The molecule has 9 atom stereocenters. The number of carbonyl (C=O) groups is 2. The van der Waals surface area contributed by atoms with Crippen molar-refractivity contribution < 1.29 is 42.7 Å². The maximum absolute atomic E-state index is 12.9. The van der Waals surface area contributed by atoms with Crippen LogP contribution in [-0.4, -0.2) is 80.8 Å². The summed E-state index contributed by atoms with van der Waals surface area (Å²) in [6.45, 7) is 2.27. The van der Waals surface area contributed by atoms with Gasteiger partial charge >= 0.3 is 11.9 Å². The third-order valence-corrected chi connectivity index (χ3v) is 7.83. The second-order valence-corrected chi connectivity index (χ2v) is 8.68. The molecule has 9 nitrogen and oxygen atoms in total. The minimum Gasteiger partial charge on any atom is -0.467 e. The highest BCUT2D eigenvalue weighted by Gasteiger charge is 2.92. The third-order valence-electron chi connectivity index (χ3n) is 7.83. The first kappa shape index (κ1) is 17.6. The molecule has 3 saturated heterocycles. The van der Waals surface area contributed by atoms with Crippen LogP contribution >= 0.6 is 0 Å². The second-order valence-electron chi connectivity index (χ2n) is 8.68. The van der Waals surface area contributed by atoms with Crippen molar-refractivity contribution in [2.45, 2.75) is 61.2 Å². The summed E-state index contributed by atoms with van der Waals surface area (Å²) >= 11 is 0. The summed E-state index contributed by atoms with van der Waals surface area (Å²) in [6, 6.07) is 0. The molecule has 3 unspecified atom stereocenters. The van der Waals surface area contributed by atoms with Crippen molar-refractivity contribution in [2.75, 3.05) is 27.4 Å². The Hall–Kier alpha value is -1.26. The maximum Gasteiger partial charge on any atom is 0.341 e. The van der Waals surface area contributed by atoms with Gasteiger partial charge in [-0.25, -0.2) is 4.79 Å². The third kappa shape index (κ3) is 1.73. The summed E-state index contributed by atoms with van der Waals surface area (Å²) in [6.07, 6.45) is -0.329. The number of carbonyl (C=O) groups excluding carboxylic acids is 2. The van der Waals surface area contributed by atoms with E-state index in [4.69, 9.17) is 33.2 Å². The largest absolute Gasteiger partial charge is 0.467 e. The minimum atomic E-state index is -1.07. The van der Waals surface area contributed by atoms with Crippen LogP contribution in [0.2, 0.25) is 0 Å². The normalized spacial score (nSPS) is 53.8. The topological polar surface area (TPSA) is 105 Å². The van der Waals surface area contributed by atoms with E-state index in [2.05, 4.69) is 0 Å². The number of esters is 2. The van der Waals surface area contributed by atoms with E-state index < -0.39 is 29.1 Å². The summed E-state index contributed by atoms with van der Waals surface area (Å²) in [7, 11) is 3.00. The fourth-order valence-electron chi connectivity index (χ4n) is 6.98. The molecular formula is C19H24O9. The van der Waals surface area contributed by atoms with E-state index >= 15 is 0 Å². The summed E-state index contributed by atoms with van der Waals surface area (Å²) in [4.78, 5) is 24.8. The summed E-state index contributed by atoms with van der Waals surface area (Å²) < 4.78 is 41.5. The van der Waals surface area contributed by atoms with Gasteiger partial charge in [0.1, 0.15) is 18.3 Å². The monoisotopic (exact) mass is 396 g/mol. The van der Waals surface area contributed by atoms with E-state index in [0.717, 1.165) is 0 Å². The SMILES string of the molecule is COC(=O)C12OC1CC1(OCCO1)[C@@]13O[C@@H]1[C@H](OC)[C@H]1C[C@@H]2[C@@H]3C1OC(C)=O. The summed E-state index contributed by atoms with van der Waals surface area (Å²) in [5.41, 5.74) is -1.89. The predicted octanol–water partition coefficient (Wildman–Crippen LogP) is -0.206. The second kappa shape index (κ2) is 5.26. The zero-order valence-electron chi connectivity index (χ0n) is 16.0. The van der Waals surface area contributed by atoms with Gasteiger partial charge in [-0.15, -0.1) is 0 Å². The standard InChI is InChI=1S/C19H24O9/c1-8(20)26-13-9-6-10-12(13)19(15(28-19)14(9)22-2)17(24-4-5-25-17)7-11-18(10,27-11)16(21)23-3/h9-15H,4-7H2,1-3H3/t9-,10+,11?,12+,13?,14+,15+,18?,19-/m0/s1. The van der Waals surface area contributed by atoms with Gasteiger partial charge in [-0.3, -0.25) is 4.79 Å². The lowest BCUT2D eigenvalue weighted by molar-refractivity contribution is -0.237. The van der Waals surface area contributed by atoms with Crippen LogP contribution in [0.15, 0.2) is 0 Å². The first-order valence-electron chi connectivity index (χ1n) is 9.87. The van der Waals surface area contributed by atoms with Gasteiger partial charge in [0.15, 0.2) is 11.2 Å². The van der Waals surface area contributed by atoms with Crippen molar-refractivity contribution in [3.63, 3.8) is 0 Å². The Morgan fingerprint density at radius 2 is 1.82 bits per heavy atom. The molecule has 154 valence electrons. The Morgan fingerprint density at radius 3 is 2.46 bits per heavy atom. The Balaban J connectivity index is 1.53. The molecule has 0 aromatic carbocycles. The maximum atomic E-state index is 12.9. The molecule has 6 aliphatic rings. The van der Waals surface area contributed by atoms with E-state index in [-0.39, 0.29) is 42.0 Å². The van der Waals surface area contributed by atoms with Gasteiger partial charge in [-0.2, -0.15) is 0 Å². The smallest absolute Gasteiger partial charge is 0.341 e. The van der Waals surface area contributed by atoms with Crippen molar-refractivity contribution in [1.82, 2.24) is 0 Å². The molecule has 0 N–H and O–H groups in total. The molecule has 6 fully saturated rings. The molecule has 28 heavy (non-hydrogen) atoms. The highest BCUT2D eigenvalue weighted by molar-refractivity contribution is 5.84. The number of ether oxygens (including phenoxy) is 7. The first-order chi connectivity index (χ1) is 13.4. The van der Waals surface area contributed by atoms with Crippen molar-refractivity contribution in [3.05, 3.63) is 0 Å². The van der Waals surface area contributed by atoms with E-state index in [1.807, 2.05) is 0 Å². The van der Waals surface area contributed by atoms with Crippen LogP contribution in [0.5, 0.6) is 0 Å². The fourth-order valence-corrected chi connectivity index (χ4v) is 6.98. The molecule has 9 heteroatoms. The van der Waals surface area contributed by atoms with E-state index in [1.54, 1.807) is 7.11 Å². The molecule has 3 heterocycles. The molecule has 6 rings (SSSR count). The number of rotatable bonds is 3. The first-order valence-corrected chi connectivity index (χ1v) is 9.87. The number of fused-ring (bicyclic) bond motifs is 3. The van der Waals surface area contributed by atoms with Gasteiger partial charge in [-0.1, -0.05) is 0 Å². The minimum absolute atomic E-state index is 0.0903. The zero-order chi connectivity index (χ0) is 19.5. The molecular weight excluding hydrogens is 372 g/mol. The summed E-state index contributed by atoms with van der Waals surface area (Å²) in [5.74, 6) is -2.41.